The number of likely N-dealkylation sites (tertiary alicyclic amines) is 2. The van der Waals surface area contributed by atoms with E-state index in [-0.39, 0.29) is 18.0 Å². The first-order chi connectivity index (χ1) is 15.5. The largest absolute Gasteiger partial charge is 0.450 e. The van der Waals surface area contributed by atoms with Crippen molar-refractivity contribution in [3.63, 3.8) is 0 Å². The zero-order chi connectivity index (χ0) is 22.6. The first-order valence-corrected chi connectivity index (χ1v) is 12.4. The van der Waals surface area contributed by atoms with Gasteiger partial charge in [-0.3, -0.25) is 9.28 Å². The van der Waals surface area contributed by atoms with E-state index in [1.54, 1.807) is 4.90 Å². The highest BCUT2D eigenvalue weighted by atomic mass is 16.6. The van der Waals surface area contributed by atoms with Crippen molar-refractivity contribution in [3.8, 4) is 0 Å². The molecule has 2 amide bonds. The summed E-state index contributed by atoms with van der Waals surface area (Å²) in [6.07, 6.45) is 5.51. The van der Waals surface area contributed by atoms with Crippen molar-refractivity contribution >= 4 is 17.7 Å². The number of rotatable bonds is 6. The normalized spacial score (nSPS) is 28.6. The molecule has 0 radical (unpaired) electrons. The standard InChI is InChI=1S/C25H38N4O3/c1-3-32-25(31)28-14-11-21(12-15-28)27-24(30)17-20-6-8-22(9-7-20)29(16-4-5-19(29)2)23-10-13-26-18-23/h6-9,19,21,23,26H,3-5,10-18H2,1-2H3/p+1/t19-,23-,29?/m0/s1. The summed E-state index contributed by atoms with van der Waals surface area (Å²) in [6, 6.07) is 10.2. The van der Waals surface area contributed by atoms with Gasteiger partial charge in [0.15, 0.2) is 0 Å². The van der Waals surface area contributed by atoms with Gasteiger partial charge in [-0.25, -0.2) is 4.79 Å². The minimum absolute atomic E-state index is 0.0609. The summed E-state index contributed by atoms with van der Waals surface area (Å²) in [5.74, 6) is 0.0609. The molecule has 1 unspecified atom stereocenters. The van der Waals surface area contributed by atoms with Gasteiger partial charge in [0, 0.05) is 51.5 Å². The van der Waals surface area contributed by atoms with E-state index in [2.05, 4.69) is 41.8 Å². The number of carbonyl (C=O) groups excluding carboxylic acids is 2. The second-order valence-electron chi connectivity index (χ2n) is 9.66. The van der Waals surface area contributed by atoms with E-state index in [1.807, 2.05) is 6.92 Å². The van der Waals surface area contributed by atoms with Gasteiger partial charge < -0.3 is 20.3 Å². The van der Waals surface area contributed by atoms with Gasteiger partial charge in [0.1, 0.15) is 11.7 Å². The monoisotopic (exact) mass is 443 g/mol. The van der Waals surface area contributed by atoms with E-state index in [4.69, 9.17) is 4.74 Å². The van der Waals surface area contributed by atoms with Gasteiger partial charge >= 0.3 is 6.09 Å². The number of carbonyl (C=O) groups is 2. The van der Waals surface area contributed by atoms with Crippen LogP contribution in [-0.2, 0) is 16.0 Å². The topological polar surface area (TPSA) is 70.7 Å². The smallest absolute Gasteiger partial charge is 0.409 e. The predicted molar refractivity (Wildman–Crippen MR) is 127 cm³/mol. The van der Waals surface area contributed by atoms with E-state index in [9.17, 15) is 9.59 Å². The van der Waals surface area contributed by atoms with Crippen LogP contribution in [-0.4, -0.2) is 74.4 Å². The highest BCUT2D eigenvalue weighted by molar-refractivity contribution is 5.79. The first kappa shape index (κ1) is 23.1. The lowest BCUT2D eigenvalue weighted by Crippen LogP contribution is -2.59. The maximum absolute atomic E-state index is 12.6. The van der Waals surface area contributed by atoms with Gasteiger partial charge in [-0.15, -0.1) is 0 Å². The van der Waals surface area contributed by atoms with Crippen molar-refractivity contribution in [1.29, 1.82) is 0 Å². The molecule has 2 N–H and O–H groups in total. The van der Waals surface area contributed by atoms with Gasteiger partial charge in [-0.05, 0) is 44.4 Å². The zero-order valence-electron chi connectivity index (χ0n) is 19.6. The van der Waals surface area contributed by atoms with Crippen molar-refractivity contribution in [2.45, 2.75) is 70.5 Å². The number of benzene rings is 1. The molecule has 0 saturated carbocycles. The van der Waals surface area contributed by atoms with Gasteiger partial charge in [0.25, 0.3) is 0 Å². The minimum Gasteiger partial charge on any atom is -0.450 e. The molecule has 3 saturated heterocycles. The molecule has 1 aromatic rings. The van der Waals surface area contributed by atoms with Gasteiger partial charge in [0.05, 0.1) is 25.6 Å². The lowest BCUT2D eigenvalue weighted by Gasteiger charge is -2.43. The number of amides is 2. The molecule has 0 aliphatic carbocycles. The van der Waals surface area contributed by atoms with Crippen molar-refractivity contribution in [2.24, 2.45) is 0 Å². The van der Waals surface area contributed by atoms with E-state index >= 15 is 0 Å². The predicted octanol–water partition coefficient (Wildman–Crippen LogP) is 2.82. The Bertz CT molecular complexity index is 785. The summed E-state index contributed by atoms with van der Waals surface area (Å²) in [5, 5.41) is 6.72. The van der Waals surface area contributed by atoms with E-state index in [0.717, 1.165) is 36.0 Å². The van der Waals surface area contributed by atoms with E-state index < -0.39 is 0 Å². The van der Waals surface area contributed by atoms with Gasteiger partial charge in [0.2, 0.25) is 5.91 Å². The van der Waals surface area contributed by atoms with Crippen LogP contribution in [0.25, 0.3) is 0 Å². The molecular formula is C25H39N4O3+. The van der Waals surface area contributed by atoms with Gasteiger partial charge in [-0.2, -0.15) is 0 Å². The molecule has 4 rings (SSSR count). The van der Waals surface area contributed by atoms with E-state index in [1.165, 1.54) is 31.5 Å². The van der Waals surface area contributed by atoms with Crippen LogP contribution in [0.4, 0.5) is 10.5 Å². The summed E-state index contributed by atoms with van der Waals surface area (Å²) >= 11 is 0. The Hall–Kier alpha value is -2.12. The minimum atomic E-state index is -0.251. The number of piperidine rings is 1. The molecule has 32 heavy (non-hydrogen) atoms. The molecule has 3 fully saturated rings. The number of hydrogen-bond donors (Lipinski definition) is 2. The van der Waals surface area contributed by atoms with E-state index in [0.29, 0.717) is 38.2 Å². The fourth-order valence-corrected chi connectivity index (χ4v) is 6.05. The third kappa shape index (κ3) is 4.79. The third-order valence-electron chi connectivity index (χ3n) is 7.79. The fourth-order valence-electron chi connectivity index (χ4n) is 6.05. The number of nitrogens with one attached hydrogen (secondary N) is 2. The molecule has 3 atom stereocenters. The van der Waals surface area contributed by atoms with Crippen LogP contribution in [0.15, 0.2) is 24.3 Å². The molecular weight excluding hydrogens is 404 g/mol. The summed E-state index contributed by atoms with van der Waals surface area (Å²) in [7, 11) is 0. The lowest BCUT2D eigenvalue weighted by molar-refractivity contribution is -0.121. The van der Waals surface area contributed by atoms with Crippen LogP contribution >= 0.6 is 0 Å². The molecule has 0 spiro atoms. The van der Waals surface area contributed by atoms with Crippen molar-refractivity contribution < 1.29 is 14.3 Å². The maximum Gasteiger partial charge on any atom is 0.409 e. The Kier molecular flexibility index (Phi) is 7.36. The quantitative estimate of drug-likeness (QED) is 0.664. The Morgan fingerprint density at radius 3 is 2.50 bits per heavy atom. The van der Waals surface area contributed by atoms with Crippen LogP contribution in [0.2, 0.25) is 0 Å². The van der Waals surface area contributed by atoms with Crippen molar-refractivity contribution in [3.05, 3.63) is 29.8 Å². The summed E-state index contributed by atoms with van der Waals surface area (Å²) in [5.41, 5.74) is 2.46. The SMILES string of the molecule is CCOC(=O)N1CCC(NC(=O)Cc2ccc([N+]3([C@H]4CCNC4)CCC[C@@H]3C)cc2)CC1. The summed E-state index contributed by atoms with van der Waals surface area (Å²) in [4.78, 5) is 26.2. The third-order valence-corrected chi connectivity index (χ3v) is 7.79. The number of hydrogen-bond acceptors (Lipinski definition) is 4. The average Bonchev–Trinajstić information content (AvgIpc) is 3.45. The van der Waals surface area contributed by atoms with Gasteiger partial charge in [-0.1, -0.05) is 12.1 Å². The number of quaternary nitrogens is 1. The average molecular weight is 444 g/mol. The van der Waals surface area contributed by atoms with Crippen LogP contribution < -0.4 is 15.1 Å². The summed E-state index contributed by atoms with van der Waals surface area (Å²) in [6.45, 7) is 9.32. The van der Waals surface area contributed by atoms with Crippen LogP contribution in [0.3, 0.4) is 0 Å². The number of nitrogens with zero attached hydrogens (tertiary/aromatic N) is 2. The Morgan fingerprint density at radius 2 is 1.91 bits per heavy atom. The first-order valence-electron chi connectivity index (χ1n) is 12.4. The zero-order valence-corrected chi connectivity index (χ0v) is 19.6. The maximum atomic E-state index is 12.6. The molecule has 1 aromatic carbocycles. The molecule has 176 valence electrons. The molecule has 3 aliphatic rings. The Labute approximate surface area is 192 Å². The molecule has 3 heterocycles. The molecule has 3 aliphatic heterocycles. The van der Waals surface area contributed by atoms with Crippen molar-refractivity contribution in [1.82, 2.24) is 20.0 Å². The molecule has 7 heteroatoms. The molecule has 0 aromatic heterocycles. The highest BCUT2D eigenvalue weighted by Gasteiger charge is 2.47. The second kappa shape index (κ2) is 10.2. The summed E-state index contributed by atoms with van der Waals surface area (Å²) < 4.78 is 6.16. The Balaban J connectivity index is 1.32. The van der Waals surface area contributed by atoms with Crippen LogP contribution in [0.5, 0.6) is 0 Å². The lowest BCUT2D eigenvalue weighted by atomic mass is 10.0. The van der Waals surface area contributed by atoms with Crippen LogP contribution in [0, 0.1) is 0 Å². The second-order valence-corrected chi connectivity index (χ2v) is 9.66. The van der Waals surface area contributed by atoms with Crippen molar-refractivity contribution in [2.75, 3.05) is 39.3 Å². The van der Waals surface area contributed by atoms with Crippen LogP contribution in [0.1, 0.15) is 51.5 Å². The molecule has 0 bridgehead atoms. The fraction of sp³-hybridized carbons (Fsp3) is 0.680. The number of ether oxygens (including phenoxy) is 1. The molecule has 7 nitrogen and oxygen atoms in total. The Morgan fingerprint density at radius 1 is 1.16 bits per heavy atom. The highest BCUT2D eigenvalue weighted by Crippen LogP contribution is 2.39.